The Morgan fingerprint density at radius 1 is 1.43 bits per heavy atom. The first-order valence-corrected chi connectivity index (χ1v) is 7.11. The highest BCUT2D eigenvalue weighted by Crippen LogP contribution is 2.36. The van der Waals surface area contributed by atoms with Gasteiger partial charge in [0.15, 0.2) is 0 Å². The molecule has 6 nitrogen and oxygen atoms in total. The SMILES string of the molecule is Cc1c(NC2(C(=O)O)CCC(C)CC2)cccc1[N+](=O)[O-]. The summed E-state index contributed by atoms with van der Waals surface area (Å²) in [6.07, 6.45) is 2.75. The van der Waals surface area contributed by atoms with E-state index >= 15 is 0 Å². The number of nitrogens with one attached hydrogen (secondary N) is 1. The molecule has 0 heterocycles. The van der Waals surface area contributed by atoms with Crippen LogP contribution in [0.4, 0.5) is 11.4 Å². The molecule has 21 heavy (non-hydrogen) atoms. The summed E-state index contributed by atoms with van der Waals surface area (Å²) >= 11 is 0. The molecule has 1 aliphatic carbocycles. The molecule has 1 aromatic rings. The third-order valence-electron chi connectivity index (χ3n) is 4.41. The maximum absolute atomic E-state index is 11.7. The van der Waals surface area contributed by atoms with Crippen LogP contribution < -0.4 is 5.32 Å². The fourth-order valence-corrected chi connectivity index (χ4v) is 2.86. The van der Waals surface area contributed by atoms with Gasteiger partial charge in [-0.05, 0) is 44.6 Å². The topological polar surface area (TPSA) is 92.5 Å². The van der Waals surface area contributed by atoms with Crippen molar-refractivity contribution in [1.29, 1.82) is 0 Å². The van der Waals surface area contributed by atoms with E-state index < -0.39 is 16.4 Å². The summed E-state index contributed by atoms with van der Waals surface area (Å²) in [5.41, 5.74) is -0.0143. The second-order valence-corrected chi connectivity index (χ2v) is 5.90. The van der Waals surface area contributed by atoms with Crippen LogP contribution in [0.25, 0.3) is 0 Å². The molecule has 1 saturated carbocycles. The van der Waals surface area contributed by atoms with Crippen LogP contribution in [0.3, 0.4) is 0 Å². The predicted octanol–water partition coefficient (Wildman–Crippen LogP) is 3.35. The first-order valence-electron chi connectivity index (χ1n) is 7.11. The number of carboxylic acids is 1. The molecule has 0 amide bonds. The molecule has 0 bridgehead atoms. The number of anilines is 1. The third kappa shape index (κ3) is 2.99. The second kappa shape index (κ2) is 5.71. The molecule has 0 unspecified atom stereocenters. The molecule has 0 atom stereocenters. The zero-order valence-electron chi connectivity index (χ0n) is 12.3. The largest absolute Gasteiger partial charge is 0.480 e. The lowest BCUT2D eigenvalue weighted by molar-refractivity contribution is -0.385. The maximum Gasteiger partial charge on any atom is 0.329 e. The number of nitro groups is 1. The summed E-state index contributed by atoms with van der Waals surface area (Å²) in [6, 6.07) is 4.70. The number of nitrogens with zero attached hydrogens (tertiary/aromatic N) is 1. The molecule has 114 valence electrons. The van der Waals surface area contributed by atoms with Crippen LogP contribution in [0.2, 0.25) is 0 Å². The van der Waals surface area contributed by atoms with Gasteiger partial charge in [0.25, 0.3) is 5.69 Å². The Labute approximate surface area is 123 Å². The normalized spacial score (nSPS) is 25.3. The summed E-state index contributed by atoms with van der Waals surface area (Å²) in [5, 5.41) is 23.7. The van der Waals surface area contributed by atoms with Crippen molar-refractivity contribution in [2.75, 3.05) is 5.32 Å². The summed E-state index contributed by atoms with van der Waals surface area (Å²) in [5.74, 6) is -0.370. The van der Waals surface area contributed by atoms with Gasteiger partial charge in [0.2, 0.25) is 0 Å². The van der Waals surface area contributed by atoms with Gasteiger partial charge < -0.3 is 10.4 Å². The average Bonchev–Trinajstić information content (AvgIpc) is 2.43. The zero-order chi connectivity index (χ0) is 15.6. The summed E-state index contributed by atoms with van der Waals surface area (Å²) < 4.78 is 0. The van der Waals surface area contributed by atoms with Gasteiger partial charge >= 0.3 is 5.97 Å². The van der Waals surface area contributed by atoms with Crippen LogP contribution in [0.1, 0.15) is 38.2 Å². The molecular formula is C15H20N2O4. The molecule has 0 saturated heterocycles. The Kier molecular flexibility index (Phi) is 4.16. The van der Waals surface area contributed by atoms with Gasteiger partial charge in [-0.15, -0.1) is 0 Å². The highest BCUT2D eigenvalue weighted by molar-refractivity contribution is 5.83. The standard InChI is InChI=1S/C15H20N2O4/c1-10-6-8-15(9-7-10,14(18)19)16-12-4-3-5-13(11(12)2)17(20)21/h3-5,10,16H,6-9H2,1-2H3,(H,18,19). The van der Waals surface area contributed by atoms with Crippen molar-refractivity contribution in [3.63, 3.8) is 0 Å². The molecule has 6 heteroatoms. The third-order valence-corrected chi connectivity index (χ3v) is 4.41. The minimum atomic E-state index is -1.02. The molecule has 1 fully saturated rings. The number of rotatable bonds is 4. The van der Waals surface area contributed by atoms with Gasteiger partial charge in [0.1, 0.15) is 5.54 Å². The van der Waals surface area contributed by atoms with Crippen molar-refractivity contribution >= 4 is 17.3 Å². The number of carbonyl (C=O) groups is 1. The van der Waals surface area contributed by atoms with Crippen molar-refractivity contribution in [2.45, 2.75) is 45.1 Å². The van der Waals surface area contributed by atoms with Gasteiger partial charge in [-0.1, -0.05) is 13.0 Å². The van der Waals surface area contributed by atoms with Crippen LogP contribution in [0.15, 0.2) is 18.2 Å². The fraction of sp³-hybridized carbons (Fsp3) is 0.533. The Hall–Kier alpha value is -2.11. The van der Waals surface area contributed by atoms with Gasteiger partial charge in [-0.3, -0.25) is 10.1 Å². The molecule has 2 N–H and O–H groups in total. The number of aliphatic carboxylic acids is 1. The number of nitro benzene ring substituents is 1. The van der Waals surface area contributed by atoms with E-state index in [1.807, 2.05) is 0 Å². The lowest BCUT2D eigenvalue weighted by atomic mass is 9.77. The van der Waals surface area contributed by atoms with Crippen molar-refractivity contribution in [1.82, 2.24) is 0 Å². The first-order chi connectivity index (χ1) is 9.85. The highest BCUT2D eigenvalue weighted by Gasteiger charge is 2.41. The van der Waals surface area contributed by atoms with E-state index in [1.165, 1.54) is 6.07 Å². The average molecular weight is 292 g/mol. The van der Waals surface area contributed by atoms with E-state index in [1.54, 1.807) is 19.1 Å². The van der Waals surface area contributed by atoms with Crippen molar-refractivity contribution in [3.8, 4) is 0 Å². The molecule has 2 rings (SSSR count). The van der Waals surface area contributed by atoms with E-state index in [9.17, 15) is 20.0 Å². The van der Waals surface area contributed by atoms with Crippen molar-refractivity contribution < 1.29 is 14.8 Å². The van der Waals surface area contributed by atoms with E-state index in [0.717, 1.165) is 12.8 Å². The summed E-state index contributed by atoms with van der Waals surface area (Å²) in [7, 11) is 0. The minimum absolute atomic E-state index is 0.00437. The van der Waals surface area contributed by atoms with Crippen molar-refractivity contribution in [2.24, 2.45) is 5.92 Å². The molecule has 0 aliphatic heterocycles. The summed E-state index contributed by atoms with van der Waals surface area (Å²) in [6.45, 7) is 3.76. The second-order valence-electron chi connectivity index (χ2n) is 5.90. The molecular weight excluding hydrogens is 272 g/mol. The summed E-state index contributed by atoms with van der Waals surface area (Å²) in [4.78, 5) is 22.3. The van der Waals surface area contributed by atoms with Gasteiger partial charge in [-0.2, -0.15) is 0 Å². The first kappa shape index (κ1) is 15.3. The predicted molar refractivity (Wildman–Crippen MR) is 79.5 cm³/mol. The quantitative estimate of drug-likeness (QED) is 0.655. The number of hydrogen-bond donors (Lipinski definition) is 2. The Bertz CT molecular complexity index is 563. The molecule has 1 aromatic carbocycles. The highest BCUT2D eigenvalue weighted by atomic mass is 16.6. The monoisotopic (exact) mass is 292 g/mol. The fourth-order valence-electron chi connectivity index (χ4n) is 2.86. The number of benzene rings is 1. The van der Waals surface area contributed by atoms with Crippen molar-refractivity contribution in [3.05, 3.63) is 33.9 Å². The molecule has 1 aliphatic rings. The van der Waals surface area contributed by atoms with Gasteiger partial charge in [-0.25, -0.2) is 4.79 Å². The van der Waals surface area contributed by atoms with Crippen LogP contribution in [-0.4, -0.2) is 21.5 Å². The lowest BCUT2D eigenvalue weighted by Crippen LogP contribution is -2.49. The Morgan fingerprint density at radius 3 is 2.57 bits per heavy atom. The smallest absolute Gasteiger partial charge is 0.329 e. The van der Waals surface area contributed by atoms with Gasteiger partial charge in [0, 0.05) is 17.3 Å². The number of hydrogen-bond acceptors (Lipinski definition) is 4. The Morgan fingerprint density at radius 2 is 2.05 bits per heavy atom. The van der Waals surface area contributed by atoms with E-state index in [2.05, 4.69) is 12.2 Å². The lowest BCUT2D eigenvalue weighted by Gasteiger charge is -2.37. The van der Waals surface area contributed by atoms with E-state index in [4.69, 9.17) is 0 Å². The molecule has 0 radical (unpaired) electrons. The van der Waals surface area contributed by atoms with E-state index in [-0.39, 0.29) is 5.69 Å². The van der Waals surface area contributed by atoms with Crippen LogP contribution in [-0.2, 0) is 4.79 Å². The van der Waals surface area contributed by atoms with Crippen LogP contribution >= 0.6 is 0 Å². The molecule has 0 aromatic heterocycles. The maximum atomic E-state index is 11.7. The minimum Gasteiger partial charge on any atom is -0.480 e. The Balaban J connectivity index is 2.32. The zero-order valence-corrected chi connectivity index (χ0v) is 12.3. The van der Waals surface area contributed by atoms with Crippen LogP contribution in [0.5, 0.6) is 0 Å². The van der Waals surface area contributed by atoms with E-state index in [0.29, 0.717) is 30.0 Å². The number of carboxylic acid groups (broad SMARTS) is 1. The van der Waals surface area contributed by atoms with Crippen LogP contribution in [0, 0.1) is 23.0 Å². The molecule has 0 spiro atoms. The van der Waals surface area contributed by atoms with Gasteiger partial charge in [0.05, 0.1) is 4.92 Å².